The average molecular weight is 254 g/mol. The van der Waals surface area contributed by atoms with Gasteiger partial charge in [0.05, 0.1) is 5.69 Å². The minimum atomic E-state index is 0.766. The molecule has 1 aliphatic heterocycles. The Morgan fingerprint density at radius 2 is 2.47 bits per heavy atom. The summed E-state index contributed by atoms with van der Waals surface area (Å²) in [6, 6.07) is 3.76. The van der Waals surface area contributed by atoms with Gasteiger partial charge in [-0.1, -0.05) is 11.6 Å². The van der Waals surface area contributed by atoms with Crippen LogP contribution in [0.4, 0.5) is 0 Å². The van der Waals surface area contributed by atoms with Crippen molar-refractivity contribution in [2.45, 2.75) is 19.4 Å². The molecule has 1 saturated heterocycles. The first-order valence-corrected chi connectivity index (χ1v) is 6.61. The second-order valence-electron chi connectivity index (χ2n) is 4.87. The Balaban J connectivity index is 1.82. The molecule has 2 rings (SSSR count). The highest BCUT2D eigenvalue weighted by atomic mass is 35.5. The topological polar surface area (TPSA) is 28.2 Å². The van der Waals surface area contributed by atoms with Crippen LogP contribution in [0.5, 0.6) is 0 Å². The highest BCUT2D eigenvalue weighted by Gasteiger charge is 2.15. The maximum absolute atomic E-state index is 5.95. The van der Waals surface area contributed by atoms with E-state index >= 15 is 0 Å². The zero-order valence-corrected chi connectivity index (χ0v) is 11.1. The molecule has 0 aromatic carbocycles. The van der Waals surface area contributed by atoms with Crippen LogP contribution in [0, 0.1) is 5.92 Å². The van der Waals surface area contributed by atoms with E-state index in [4.69, 9.17) is 11.6 Å². The van der Waals surface area contributed by atoms with Gasteiger partial charge in [-0.2, -0.15) is 0 Å². The van der Waals surface area contributed by atoms with Gasteiger partial charge in [-0.15, -0.1) is 0 Å². The minimum Gasteiger partial charge on any atom is -0.316 e. The fourth-order valence-electron chi connectivity index (χ4n) is 2.40. The molecule has 0 aliphatic carbocycles. The lowest BCUT2D eigenvalue weighted by Gasteiger charge is -2.27. The van der Waals surface area contributed by atoms with Crippen molar-refractivity contribution in [1.82, 2.24) is 15.2 Å². The third-order valence-electron chi connectivity index (χ3n) is 3.18. The largest absolute Gasteiger partial charge is 0.316 e. The summed E-state index contributed by atoms with van der Waals surface area (Å²) in [6.07, 6.45) is 4.40. The van der Waals surface area contributed by atoms with Gasteiger partial charge in [-0.3, -0.25) is 4.98 Å². The van der Waals surface area contributed by atoms with E-state index in [9.17, 15) is 0 Å². The highest BCUT2D eigenvalue weighted by molar-refractivity contribution is 6.30. The number of pyridine rings is 1. The lowest BCUT2D eigenvalue weighted by atomic mass is 9.99. The van der Waals surface area contributed by atoms with Crippen molar-refractivity contribution in [3.8, 4) is 0 Å². The molecule has 4 heteroatoms. The molecular weight excluding hydrogens is 234 g/mol. The maximum Gasteiger partial charge on any atom is 0.0558 e. The molecule has 0 spiro atoms. The summed E-state index contributed by atoms with van der Waals surface area (Å²) in [5, 5.41) is 4.22. The quantitative estimate of drug-likeness (QED) is 0.892. The second kappa shape index (κ2) is 6.34. The van der Waals surface area contributed by atoms with Crippen molar-refractivity contribution in [3.63, 3.8) is 0 Å². The molecule has 0 radical (unpaired) electrons. The number of aromatic nitrogens is 1. The summed E-state index contributed by atoms with van der Waals surface area (Å²) >= 11 is 5.95. The average Bonchev–Trinajstić information content (AvgIpc) is 2.30. The number of nitrogens with one attached hydrogen (secondary N) is 1. The number of hydrogen-bond donors (Lipinski definition) is 1. The lowest BCUT2D eigenvalue weighted by Crippen LogP contribution is -2.36. The van der Waals surface area contributed by atoms with Crippen LogP contribution in [0.15, 0.2) is 18.3 Å². The van der Waals surface area contributed by atoms with E-state index < -0.39 is 0 Å². The molecule has 1 unspecified atom stereocenters. The molecule has 0 bridgehead atoms. The summed E-state index contributed by atoms with van der Waals surface area (Å²) in [5.74, 6) is 0.771. The van der Waals surface area contributed by atoms with Crippen molar-refractivity contribution in [3.05, 3.63) is 29.0 Å². The SMILES string of the molecule is CN(Cc1cc(Cl)ccn1)CC1CCCNC1. The predicted molar refractivity (Wildman–Crippen MR) is 71.2 cm³/mol. The van der Waals surface area contributed by atoms with Gasteiger partial charge in [-0.25, -0.2) is 0 Å². The fraction of sp³-hybridized carbons (Fsp3) is 0.615. The molecule has 94 valence electrons. The molecule has 1 atom stereocenters. The van der Waals surface area contributed by atoms with Gasteiger partial charge in [0.1, 0.15) is 0 Å². The van der Waals surface area contributed by atoms with Crippen LogP contribution < -0.4 is 5.32 Å². The third kappa shape index (κ3) is 4.26. The predicted octanol–water partition coefficient (Wildman–Crippen LogP) is 2.17. The van der Waals surface area contributed by atoms with Crippen LogP contribution in [0.1, 0.15) is 18.5 Å². The van der Waals surface area contributed by atoms with Crippen LogP contribution >= 0.6 is 11.6 Å². The number of nitrogens with zero attached hydrogens (tertiary/aromatic N) is 2. The van der Waals surface area contributed by atoms with Crippen LogP contribution in [0.3, 0.4) is 0 Å². The fourth-order valence-corrected chi connectivity index (χ4v) is 2.58. The molecule has 2 heterocycles. The van der Waals surface area contributed by atoms with E-state index in [0.717, 1.165) is 36.3 Å². The molecule has 0 saturated carbocycles. The maximum atomic E-state index is 5.95. The number of halogens is 1. The van der Waals surface area contributed by atoms with E-state index in [0.29, 0.717) is 0 Å². The highest BCUT2D eigenvalue weighted by Crippen LogP contribution is 2.13. The first kappa shape index (κ1) is 12.8. The van der Waals surface area contributed by atoms with Gasteiger partial charge < -0.3 is 10.2 Å². The van der Waals surface area contributed by atoms with E-state index in [2.05, 4.69) is 22.2 Å². The van der Waals surface area contributed by atoms with Crippen LogP contribution in [0.25, 0.3) is 0 Å². The van der Waals surface area contributed by atoms with Crippen LogP contribution in [0.2, 0.25) is 5.02 Å². The molecule has 1 aromatic rings. The molecule has 1 fully saturated rings. The summed E-state index contributed by atoms with van der Waals surface area (Å²) in [4.78, 5) is 6.66. The molecule has 17 heavy (non-hydrogen) atoms. The van der Waals surface area contributed by atoms with Crippen molar-refractivity contribution in [2.24, 2.45) is 5.92 Å². The Labute approximate surface area is 108 Å². The van der Waals surface area contributed by atoms with Crippen molar-refractivity contribution < 1.29 is 0 Å². The molecular formula is C13H20ClN3. The Bertz CT molecular complexity index is 350. The summed E-state index contributed by atoms with van der Waals surface area (Å²) < 4.78 is 0. The Hall–Kier alpha value is -0.640. The van der Waals surface area contributed by atoms with Crippen molar-refractivity contribution in [1.29, 1.82) is 0 Å². The summed E-state index contributed by atoms with van der Waals surface area (Å²) in [7, 11) is 2.15. The van der Waals surface area contributed by atoms with Gasteiger partial charge >= 0.3 is 0 Å². The standard InChI is InChI=1S/C13H20ClN3/c1-17(9-11-3-2-5-15-8-11)10-13-7-12(14)4-6-16-13/h4,6-7,11,15H,2-3,5,8-10H2,1H3. The van der Waals surface area contributed by atoms with E-state index in [-0.39, 0.29) is 0 Å². The molecule has 1 aromatic heterocycles. The number of piperidine rings is 1. The van der Waals surface area contributed by atoms with Gasteiger partial charge in [0, 0.05) is 24.3 Å². The normalized spacial score (nSPS) is 20.8. The first-order valence-electron chi connectivity index (χ1n) is 6.24. The molecule has 3 nitrogen and oxygen atoms in total. The number of hydrogen-bond acceptors (Lipinski definition) is 3. The lowest BCUT2D eigenvalue weighted by molar-refractivity contribution is 0.235. The monoisotopic (exact) mass is 253 g/mol. The van der Waals surface area contributed by atoms with Crippen LogP contribution in [-0.2, 0) is 6.54 Å². The van der Waals surface area contributed by atoms with E-state index in [1.54, 1.807) is 6.20 Å². The Morgan fingerprint density at radius 3 is 3.18 bits per heavy atom. The molecule has 0 amide bonds. The smallest absolute Gasteiger partial charge is 0.0558 e. The van der Waals surface area contributed by atoms with Gasteiger partial charge in [0.15, 0.2) is 0 Å². The summed E-state index contributed by atoms with van der Waals surface area (Å²) in [6.45, 7) is 4.32. The van der Waals surface area contributed by atoms with Crippen molar-refractivity contribution in [2.75, 3.05) is 26.7 Å². The number of rotatable bonds is 4. The minimum absolute atomic E-state index is 0.766. The molecule has 1 N–H and O–H groups in total. The van der Waals surface area contributed by atoms with E-state index in [1.165, 1.54) is 19.4 Å². The third-order valence-corrected chi connectivity index (χ3v) is 3.41. The zero-order chi connectivity index (χ0) is 12.1. The Kier molecular flexibility index (Phi) is 4.77. The second-order valence-corrected chi connectivity index (χ2v) is 5.31. The van der Waals surface area contributed by atoms with Gasteiger partial charge in [-0.05, 0) is 51.0 Å². The summed E-state index contributed by atoms with van der Waals surface area (Å²) in [5.41, 5.74) is 1.05. The van der Waals surface area contributed by atoms with Gasteiger partial charge in [0.25, 0.3) is 0 Å². The van der Waals surface area contributed by atoms with Gasteiger partial charge in [0.2, 0.25) is 0 Å². The van der Waals surface area contributed by atoms with Crippen LogP contribution in [-0.4, -0.2) is 36.6 Å². The first-order chi connectivity index (χ1) is 8.24. The van der Waals surface area contributed by atoms with E-state index in [1.807, 2.05) is 12.1 Å². The van der Waals surface area contributed by atoms with Crippen molar-refractivity contribution >= 4 is 11.6 Å². The Morgan fingerprint density at radius 1 is 1.59 bits per heavy atom. The zero-order valence-electron chi connectivity index (χ0n) is 10.3. The molecule has 1 aliphatic rings.